The molecule has 0 bridgehead atoms. The maximum Gasteiger partial charge on any atom is 0.335 e. The molecule has 4 rings (SSSR count). The minimum Gasteiger partial charge on any atom is -0.494 e. The van der Waals surface area contributed by atoms with E-state index in [2.05, 4.69) is 21.2 Å². The zero-order chi connectivity index (χ0) is 25.8. The van der Waals surface area contributed by atoms with Crippen LogP contribution >= 0.6 is 15.9 Å². The van der Waals surface area contributed by atoms with E-state index in [1.807, 2.05) is 32.0 Å². The van der Waals surface area contributed by atoms with Crippen molar-refractivity contribution in [1.29, 1.82) is 0 Å². The maximum absolute atomic E-state index is 13.7. The average Bonchev–Trinajstić information content (AvgIpc) is 2.84. The van der Waals surface area contributed by atoms with Crippen molar-refractivity contribution >= 4 is 45.5 Å². The van der Waals surface area contributed by atoms with Gasteiger partial charge in [-0.1, -0.05) is 53.2 Å². The summed E-state index contributed by atoms with van der Waals surface area (Å²) in [6, 6.07) is 16.1. The van der Waals surface area contributed by atoms with Crippen LogP contribution in [0.3, 0.4) is 0 Å². The lowest BCUT2D eigenvalue weighted by atomic mass is 10.00. The second-order valence-electron chi connectivity index (χ2n) is 8.16. The van der Waals surface area contributed by atoms with E-state index < -0.39 is 17.8 Å². The molecule has 4 amide bonds. The number of aryl methyl sites for hydroxylation is 1. The first-order valence-corrected chi connectivity index (χ1v) is 12.3. The molecule has 3 aromatic carbocycles. The van der Waals surface area contributed by atoms with Crippen LogP contribution in [0.4, 0.5) is 14.9 Å². The zero-order valence-electron chi connectivity index (χ0n) is 19.8. The van der Waals surface area contributed by atoms with Crippen molar-refractivity contribution in [3.8, 4) is 5.75 Å². The summed E-state index contributed by atoms with van der Waals surface area (Å²) >= 11 is 3.56. The molecule has 1 aliphatic rings. The van der Waals surface area contributed by atoms with Gasteiger partial charge in [0.05, 0.1) is 12.3 Å². The molecule has 0 aliphatic carbocycles. The van der Waals surface area contributed by atoms with E-state index in [0.29, 0.717) is 40.9 Å². The van der Waals surface area contributed by atoms with Crippen molar-refractivity contribution in [2.45, 2.75) is 26.7 Å². The topological polar surface area (TPSA) is 75.7 Å². The van der Waals surface area contributed by atoms with Crippen LogP contribution in [0.1, 0.15) is 36.1 Å². The van der Waals surface area contributed by atoms with E-state index >= 15 is 0 Å². The van der Waals surface area contributed by atoms with Crippen molar-refractivity contribution in [2.75, 3.05) is 11.5 Å². The van der Waals surface area contributed by atoms with Crippen LogP contribution < -0.4 is 15.0 Å². The molecular formula is C28H24BrFN2O4. The first-order valence-electron chi connectivity index (χ1n) is 11.5. The second kappa shape index (κ2) is 10.9. The Kier molecular flexibility index (Phi) is 7.64. The predicted octanol–water partition coefficient (Wildman–Crippen LogP) is 5.81. The van der Waals surface area contributed by atoms with E-state index in [-0.39, 0.29) is 11.4 Å². The summed E-state index contributed by atoms with van der Waals surface area (Å²) < 4.78 is 20.2. The third-order valence-corrected chi connectivity index (χ3v) is 6.48. The number of halogens is 2. The van der Waals surface area contributed by atoms with Crippen LogP contribution in [0.15, 0.2) is 70.7 Å². The molecule has 0 spiro atoms. The number of nitrogens with zero attached hydrogens (tertiary/aromatic N) is 1. The van der Waals surface area contributed by atoms with Crippen molar-refractivity contribution in [1.82, 2.24) is 5.32 Å². The number of imide groups is 2. The minimum absolute atomic E-state index is 0.173. The summed E-state index contributed by atoms with van der Waals surface area (Å²) in [6.45, 7) is 4.15. The number of para-hydroxylation sites is 1. The molecule has 1 fully saturated rings. The summed E-state index contributed by atoms with van der Waals surface area (Å²) in [5.74, 6) is -1.26. The highest BCUT2D eigenvalue weighted by Crippen LogP contribution is 2.33. The van der Waals surface area contributed by atoms with Crippen LogP contribution in [0.25, 0.3) is 6.08 Å². The van der Waals surface area contributed by atoms with Crippen molar-refractivity contribution in [2.24, 2.45) is 0 Å². The molecular weight excluding hydrogens is 527 g/mol. The first-order chi connectivity index (χ1) is 17.3. The highest BCUT2D eigenvalue weighted by Gasteiger charge is 2.37. The number of benzene rings is 3. The van der Waals surface area contributed by atoms with Crippen LogP contribution in [0.5, 0.6) is 5.75 Å². The Balaban J connectivity index is 1.73. The van der Waals surface area contributed by atoms with Crippen molar-refractivity contribution < 1.29 is 23.5 Å². The maximum atomic E-state index is 13.7. The molecule has 1 aliphatic heterocycles. The lowest BCUT2D eigenvalue weighted by Crippen LogP contribution is -2.54. The predicted molar refractivity (Wildman–Crippen MR) is 139 cm³/mol. The molecule has 0 unspecified atom stereocenters. The van der Waals surface area contributed by atoms with Gasteiger partial charge in [-0.25, -0.2) is 14.1 Å². The van der Waals surface area contributed by atoms with Gasteiger partial charge < -0.3 is 4.74 Å². The van der Waals surface area contributed by atoms with Crippen LogP contribution in [0, 0.1) is 5.82 Å². The van der Waals surface area contributed by atoms with Gasteiger partial charge in [-0.15, -0.1) is 0 Å². The molecule has 0 aromatic heterocycles. The molecule has 0 radical (unpaired) electrons. The van der Waals surface area contributed by atoms with Crippen LogP contribution in [0.2, 0.25) is 0 Å². The molecule has 184 valence electrons. The van der Waals surface area contributed by atoms with Crippen LogP contribution in [-0.4, -0.2) is 24.5 Å². The van der Waals surface area contributed by atoms with E-state index in [1.54, 1.807) is 30.3 Å². The summed E-state index contributed by atoms with van der Waals surface area (Å²) in [6.07, 6.45) is 2.46. The Morgan fingerprint density at radius 1 is 1.03 bits per heavy atom. The molecule has 3 aromatic rings. The van der Waals surface area contributed by atoms with Gasteiger partial charge in [0, 0.05) is 16.5 Å². The van der Waals surface area contributed by atoms with Crippen molar-refractivity contribution in [3.63, 3.8) is 0 Å². The number of hydrogen-bond donors (Lipinski definition) is 1. The van der Waals surface area contributed by atoms with E-state index in [4.69, 9.17) is 4.74 Å². The van der Waals surface area contributed by atoms with Gasteiger partial charge in [-0.05, 0) is 66.4 Å². The standard InChI is InChI=1S/C28H24BrFN2O4/c1-3-19-9-5-6-11-24(19)32-27(34)22(26(33)31-28(32)35)14-18-15-23(29)21(25(16-18)36-4-2)13-17-8-7-10-20(30)12-17/h5-12,14-16H,3-4,13H2,1-2H3,(H,31,33,35)/b22-14-. The molecule has 0 atom stereocenters. The highest BCUT2D eigenvalue weighted by atomic mass is 79.9. The van der Waals surface area contributed by atoms with E-state index in [9.17, 15) is 18.8 Å². The number of amides is 4. The first kappa shape index (κ1) is 25.3. The molecule has 1 N–H and O–H groups in total. The normalized spacial score (nSPS) is 14.8. The molecule has 0 saturated carbocycles. The number of ether oxygens (including phenoxy) is 1. The number of rotatable bonds is 7. The molecule has 6 nitrogen and oxygen atoms in total. The highest BCUT2D eigenvalue weighted by molar-refractivity contribution is 9.10. The molecule has 1 heterocycles. The quantitative estimate of drug-likeness (QED) is 0.297. The number of nitrogens with one attached hydrogen (secondary N) is 1. The lowest BCUT2D eigenvalue weighted by Gasteiger charge is -2.28. The monoisotopic (exact) mass is 550 g/mol. The van der Waals surface area contributed by atoms with Gasteiger partial charge in [0.15, 0.2) is 0 Å². The Morgan fingerprint density at radius 3 is 2.53 bits per heavy atom. The molecule has 36 heavy (non-hydrogen) atoms. The largest absolute Gasteiger partial charge is 0.494 e. The van der Waals surface area contributed by atoms with Gasteiger partial charge in [0.2, 0.25) is 0 Å². The number of hydrogen-bond acceptors (Lipinski definition) is 4. The minimum atomic E-state index is -0.787. The molecule has 8 heteroatoms. The number of barbiturate groups is 1. The average molecular weight is 551 g/mol. The number of carbonyl (C=O) groups is 3. The molecule has 1 saturated heterocycles. The summed E-state index contributed by atoms with van der Waals surface area (Å²) in [5, 5.41) is 2.26. The Bertz CT molecular complexity index is 1390. The fraction of sp³-hybridized carbons (Fsp3) is 0.179. The van der Waals surface area contributed by atoms with E-state index in [0.717, 1.165) is 21.6 Å². The summed E-state index contributed by atoms with van der Waals surface area (Å²) in [7, 11) is 0. The second-order valence-corrected chi connectivity index (χ2v) is 9.01. The fourth-order valence-corrected chi connectivity index (χ4v) is 4.69. The Labute approximate surface area is 216 Å². The number of anilines is 1. The number of carbonyl (C=O) groups excluding carboxylic acids is 3. The SMILES string of the molecule is CCOc1cc(/C=C2/C(=O)NC(=O)N(c3ccccc3CC)C2=O)cc(Br)c1Cc1cccc(F)c1. The van der Waals surface area contributed by atoms with Gasteiger partial charge in [-0.2, -0.15) is 0 Å². The van der Waals surface area contributed by atoms with Crippen LogP contribution in [-0.2, 0) is 22.4 Å². The summed E-state index contributed by atoms with van der Waals surface area (Å²) in [4.78, 5) is 39.6. The smallest absolute Gasteiger partial charge is 0.335 e. The van der Waals surface area contributed by atoms with E-state index in [1.165, 1.54) is 18.2 Å². The van der Waals surface area contributed by atoms with Gasteiger partial charge in [0.25, 0.3) is 11.8 Å². The van der Waals surface area contributed by atoms with Gasteiger partial charge >= 0.3 is 6.03 Å². The Hall–Kier alpha value is -3.78. The lowest BCUT2D eigenvalue weighted by molar-refractivity contribution is -0.122. The van der Waals surface area contributed by atoms with Gasteiger partial charge in [0.1, 0.15) is 17.1 Å². The fourth-order valence-electron chi connectivity index (χ4n) is 4.09. The van der Waals surface area contributed by atoms with Crippen molar-refractivity contribution in [3.05, 3.63) is 98.8 Å². The third-order valence-electron chi connectivity index (χ3n) is 5.77. The Morgan fingerprint density at radius 2 is 1.81 bits per heavy atom. The van der Waals surface area contributed by atoms with Gasteiger partial charge in [-0.3, -0.25) is 14.9 Å². The summed E-state index contributed by atoms with van der Waals surface area (Å²) in [5.41, 5.74) is 3.17. The number of urea groups is 1. The third kappa shape index (κ3) is 5.23. The zero-order valence-corrected chi connectivity index (χ0v) is 21.4.